The molecule has 5 nitrogen and oxygen atoms in total. The van der Waals surface area contributed by atoms with E-state index in [-0.39, 0.29) is 0 Å². The van der Waals surface area contributed by atoms with Crippen molar-refractivity contribution in [1.29, 1.82) is 0 Å². The van der Waals surface area contributed by atoms with Gasteiger partial charge in [-0.15, -0.1) is 11.3 Å². The lowest BCUT2D eigenvalue weighted by Gasteiger charge is -2.07. The summed E-state index contributed by atoms with van der Waals surface area (Å²) in [5.41, 5.74) is 2.21. The van der Waals surface area contributed by atoms with Crippen molar-refractivity contribution in [1.82, 2.24) is 4.98 Å². The average Bonchev–Trinajstić information content (AvgIpc) is 3.27. The molecule has 0 spiro atoms. The van der Waals surface area contributed by atoms with E-state index in [9.17, 15) is 4.79 Å². The molecule has 2 heterocycles. The normalized spacial score (nSPS) is 11.5. The van der Waals surface area contributed by atoms with Crippen LogP contribution in [0.25, 0.3) is 33.0 Å². The smallest absolute Gasteiger partial charge is 0.345 e. The molecule has 0 bridgehead atoms. The SMILES string of the molecule is CN(/N=C/c1ccccc1)c1nc(-c2cc3c(ccc4ccccc43)oc2=O)cs1. The molecule has 0 atom stereocenters. The maximum absolute atomic E-state index is 12.6. The summed E-state index contributed by atoms with van der Waals surface area (Å²) in [4.78, 5) is 17.2. The Hall–Kier alpha value is -3.77. The highest BCUT2D eigenvalue weighted by Crippen LogP contribution is 2.30. The van der Waals surface area contributed by atoms with Crippen LogP contribution in [0.1, 0.15) is 5.56 Å². The van der Waals surface area contributed by atoms with Crippen molar-refractivity contribution in [2.45, 2.75) is 0 Å². The predicted octanol–water partition coefficient (Wildman–Crippen LogP) is 5.54. The zero-order valence-corrected chi connectivity index (χ0v) is 17.0. The van der Waals surface area contributed by atoms with E-state index < -0.39 is 5.63 Å². The van der Waals surface area contributed by atoms with Crippen LogP contribution >= 0.6 is 11.3 Å². The molecule has 0 N–H and O–H groups in total. The molecular formula is C24H17N3O2S. The molecule has 0 fully saturated rings. The van der Waals surface area contributed by atoms with Gasteiger partial charge in [-0.05, 0) is 28.5 Å². The van der Waals surface area contributed by atoms with Crippen LogP contribution < -0.4 is 10.6 Å². The molecule has 2 aromatic heterocycles. The number of hydrogen-bond acceptors (Lipinski definition) is 6. The molecule has 6 heteroatoms. The Kier molecular flexibility index (Phi) is 4.61. The number of hydrazone groups is 1. The Morgan fingerprint density at radius 1 is 1.00 bits per heavy atom. The maximum atomic E-state index is 12.6. The maximum Gasteiger partial charge on any atom is 0.345 e. The number of hydrogen-bond donors (Lipinski definition) is 0. The largest absolute Gasteiger partial charge is 0.422 e. The third-order valence-electron chi connectivity index (χ3n) is 4.87. The lowest BCUT2D eigenvalue weighted by atomic mass is 10.0. The van der Waals surface area contributed by atoms with Crippen LogP contribution in [-0.4, -0.2) is 18.2 Å². The summed E-state index contributed by atoms with van der Waals surface area (Å²) >= 11 is 1.43. The molecule has 3 aromatic carbocycles. The van der Waals surface area contributed by atoms with E-state index in [1.54, 1.807) is 11.2 Å². The summed E-state index contributed by atoms with van der Waals surface area (Å²) in [6.45, 7) is 0. The molecule has 0 aliphatic heterocycles. The van der Waals surface area contributed by atoms with Crippen LogP contribution in [-0.2, 0) is 0 Å². The summed E-state index contributed by atoms with van der Waals surface area (Å²) in [5, 5.41) is 11.7. The highest BCUT2D eigenvalue weighted by molar-refractivity contribution is 7.14. The second-order valence-corrected chi connectivity index (χ2v) is 7.68. The van der Waals surface area contributed by atoms with Crippen molar-refractivity contribution in [3.8, 4) is 11.3 Å². The first-order valence-electron chi connectivity index (χ1n) is 9.43. The zero-order valence-electron chi connectivity index (χ0n) is 16.1. The fraction of sp³-hybridized carbons (Fsp3) is 0.0417. The molecule has 0 saturated carbocycles. The molecule has 0 aliphatic carbocycles. The van der Waals surface area contributed by atoms with Gasteiger partial charge >= 0.3 is 5.63 Å². The van der Waals surface area contributed by atoms with Crippen LogP contribution in [0.15, 0.2) is 92.5 Å². The number of benzene rings is 3. The average molecular weight is 411 g/mol. The van der Waals surface area contributed by atoms with E-state index in [2.05, 4.69) is 10.1 Å². The van der Waals surface area contributed by atoms with Crippen molar-refractivity contribution in [2.75, 3.05) is 12.1 Å². The highest BCUT2D eigenvalue weighted by Gasteiger charge is 2.14. The van der Waals surface area contributed by atoms with Gasteiger partial charge in [-0.2, -0.15) is 5.10 Å². The van der Waals surface area contributed by atoms with Gasteiger partial charge in [0.15, 0.2) is 0 Å². The minimum absolute atomic E-state index is 0.398. The van der Waals surface area contributed by atoms with Crippen molar-refractivity contribution < 1.29 is 4.42 Å². The topological polar surface area (TPSA) is 58.7 Å². The lowest BCUT2D eigenvalue weighted by molar-refractivity contribution is 0.563. The number of thiazole rings is 1. The standard InChI is InChI=1S/C24H17N3O2S/c1-27(25-14-16-7-3-2-4-8-16)24-26-21(15-30-24)20-13-19-18-10-6-5-9-17(18)11-12-22(19)29-23(20)28/h2-15H,1H3/b25-14+. The Labute approximate surface area is 176 Å². The summed E-state index contributed by atoms with van der Waals surface area (Å²) in [7, 11) is 1.83. The van der Waals surface area contributed by atoms with Gasteiger partial charge in [0.05, 0.1) is 17.5 Å². The lowest BCUT2D eigenvalue weighted by Crippen LogP contribution is -2.09. The van der Waals surface area contributed by atoms with Crippen LogP contribution in [0.4, 0.5) is 5.13 Å². The van der Waals surface area contributed by atoms with Gasteiger partial charge in [-0.25, -0.2) is 14.8 Å². The van der Waals surface area contributed by atoms with Gasteiger partial charge in [0, 0.05) is 17.8 Å². The number of anilines is 1. The minimum atomic E-state index is -0.398. The third-order valence-corrected chi connectivity index (χ3v) is 5.77. The predicted molar refractivity (Wildman–Crippen MR) is 124 cm³/mol. The van der Waals surface area contributed by atoms with Gasteiger partial charge < -0.3 is 4.42 Å². The molecule has 5 aromatic rings. The molecule has 146 valence electrons. The van der Waals surface area contributed by atoms with E-state index in [0.717, 1.165) is 21.7 Å². The number of nitrogens with zero attached hydrogens (tertiary/aromatic N) is 3. The van der Waals surface area contributed by atoms with Gasteiger partial charge in [-0.3, -0.25) is 0 Å². The van der Waals surface area contributed by atoms with E-state index in [4.69, 9.17) is 4.42 Å². The van der Waals surface area contributed by atoms with E-state index >= 15 is 0 Å². The molecule has 0 amide bonds. The molecule has 0 unspecified atom stereocenters. The second kappa shape index (κ2) is 7.57. The Morgan fingerprint density at radius 3 is 2.67 bits per heavy atom. The number of rotatable bonds is 4. The van der Waals surface area contributed by atoms with E-state index in [1.165, 1.54) is 11.3 Å². The van der Waals surface area contributed by atoms with Crippen LogP contribution in [0, 0.1) is 0 Å². The quantitative estimate of drug-likeness (QED) is 0.169. The van der Waals surface area contributed by atoms with Crippen molar-refractivity contribution in [3.63, 3.8) is 0 Å². The van der Waals surface area contributed by atoms with E-state index in [1.807, 2.05) is 85.2 Å². The van der Waals surface area contributed by atoms with Crippen molar-refractivity contribution in [3.05, 3.63) is 94.2 Å². The van der Waals surface area contributed by atoms with Crippen LogP contribution in [0.5, 0.6) is 0 Å². The van der Waals surface area contributed by atoms with Gasteiger partial charge in [0.25, 0.3) is 0 Å². The van der Waals surface area contributed by atoms with Crippen LogP contribution in [0.3, 0.4) is 0 Å². The second-order valence-electron chi connectivity index (χ2n) is 6.84. The summed E-state index contributed by atoms with van der Waals surface area (Å²) in [6, 6.07) is 23.6. The minimum Gasteiger partial charge on any atom is -0.422 e. The van der Waals surface area contributed by atoms with Gasteiger partial charge in [0.1, 0.15) is 5.58 Å². The fourth-order valence-corrected chi connectivity index (χ4v) is 4.08. The molecular weight excluding hydrogens is 394 g/mol. The molecule has 5 rings (SSSR count). The first kappa shape index (κ1) is 18.3. The van der Waals surface area contributed by atoms with Crippen molar-refractivity contribution in [2.24, 2.45) is 5.10 Å². The Balaban J connectivity index is 1.52. The van der Waals surface area contributed by atoms with Crippen LogP contribution in [0.2, 0.25) is 0 Å². The number of aromatic nitrogens is 1. The Morgan fingerprint density at radius 2 is 1.80 bits per heavy atom. The first-order valence-corrected chi connectivity index (χ1v) is 10.3. The van der Waals surface area contributed by atoms with Gasteiger partial charge in [0.2, 0.25) is 5.13 Å². The first-order chi connectivity index (χ1) is 14.7. The summed E-state index contributed by atoms with van der Waals surface area (Å²) in [5.74, 6) is 0. The molecule has 0 saturated heterocycles. The van der Waals surface area contributed by atoms with Crippen molar-refractivity contribution >= 4 is 44.4 Å². The zero-order chi connectivity index (χ0) is 20.5. The third kappa shape index (κ3) is 3.38. The van der Waals surface area contributed by atoms with E-state index in [0.29, 0.717) is 22.0 Å². The van der Waals surface area contributed by atoms with Gasteiger partial charge in [-0.1, -0.05) is 60.7 Å². The Bertz CT molecular complexity index is 1440. The monoisotopic (exact) mass is 411 g/mol. The summed E-state index contributed by atoms with van der Waals surface area (Å²) in [6.07, 6.45) is 1.78. The molecule has 0 radical (unpaired) electrons. The highest BCUT2D eigenvalue weighted by atomic mass is 32.1. The fourth-order valence-electron chi connectivity index (χ4n) is 3.33. The number of fused-ring (bicyclic) bond motifs is 3. The molecule has 0 aliphatic rings. The summed E-state index contributed by atoms with van der Waals surface area (Å²) < 4.78 is 5.60. The molecule has 30 heavy (non-hydrogen) atoms.